The van der Waals surface area contributed by atoms with Gasteiger partial charge in [-0.25, -0.2) is 0 Å². The molecule has 4 heteroatoms. The van der Waals surface area contributed by atoms with Crippen LogP contribution in [0.2, 0.25) is 0 Å². The number of aromatic amines is 1. The summed E-state index contributed by atoms with van der Waals surface area (Å²) in [4.78, 5) is 3.15. The van der Waals surface area contributed by atoms with Crippen LogP contribution < -0.4 is 0 Å². The summed E-state index contributed by atoms with van der Waals surface area (Å²) < 4.78 is 2.60. The quantitative estimate of drug-likeness (QED) is 0.679. The van der Waals surface area contributed by atoms with E-state index in [1.807, 2.05) is 28.8 Å². The van der Waals surface area contributed by atoms with Gasteiger partial charge in [-0.05, 0) is 55.4 Å². The Balaban J connectivity index is 2.44. The Morgan fingerprint density at radius 2 is 1.90 bits per heavy atom. The molecule has 3 rings (SSSR count). The van der Waals surface area contributed by atoms with E-state index >= 15 is 0 Å². The fourth-order valence-corrected chi connectivity index (χ4v) is 2.74. The molecule has 0 fully saturated rings. The van der Waals surface area contributed by atoms with Crippen molar-refractivity contribution in [3.05, 3.63) is 57.9 Å². The molecule has 0 spiro atoms. The number of nitriles is 1. The fraction of sp³-hybridized carbons (Fsp3) is 0.125. The predicted molar refractivity (Wildman–Crippen MR) is 82.6 cm³/mol. The molecule has 3 aromatic rings. The molecule has 0 radical (unpaired) electrons. The number of nitrogens with one attached hydrogen (secondary N) is 1. The molecule has 0 saturated heterocycles. The Bertz CT molecular complexity index is 910. The number of rotatable bonds is 1. The highest BCUT2D eigenvalue weighted by molar-refractivity contribution is 7.71. The van der Waals surface area contributed by atoms with Crippen molar-refractivity contribution >= 4 is 23.3 Å². The lowest BCUT2D eigenvalue weighted by atomic mass is 10.1. The van der Waals surface area contributed by atoms with Gasteiger partial charge in [-0.3, -0.25) is 4.57 Å². The molecule has 98 valence electrons. The van der Waals surface area contributed by atoms with Crippen LogP contribution in [0.25, 0.3) is 16.7 Å². The highest BCUT2D eigenvalue weighted by Gasteiger charge is 2.11. The molecule has 0 aliphatic rings. The Hall–Kier alpha value is -2.38. The maximum Gasteiger partial charge on any atom is 0.182 e. The minimum atomic E-state index is 0.608. The van der Waals surface area contributed by atoms with E-state index in [0.29, 0.717) is 10.3 Å². The number of benzene rings is 2. The average molecular weight is 279 g/mol. The molecule has 0 aliphatic carbocycles. The van der Waals surface area contributed by atoms with Crippen molar-refractivity contribution in [2.24, 2.45) is 0 Å². The minimum Gasteiger partial charge on any atom is -0.329 e. The number of hydrogen-bond donors (Lipinski definition) is 1. The third-order valence-corrected chi connectivity index (χ3v) is 3.94. The number of aromatic nitrogens is 2. The van der Waals surface area contributed by atoms with E-state index in [0.717, 1.165) is 16.7 Å². The van der Waals surface area contributed by atoms with Gasteiger partial charge in [-0.15, -0.1) is 0 Å². The lowest BCUT2D eigenvalue weighted by Crippen LogP contribution is -1.98. The van der Waals surface area contributed by atoms with E-state index < -0.39 is 0 Å². The molecule has 1 heterocycles. The Labute approximate surface area is 122 Å². The maximum atomic E-state index is 9.19. The highest BCUT2D eigenvalue weighted by Crippen LogP contribution is 2.25. The first-order chi connectivity index (χ1) is 9.63. The lowest BCUT2D eigenvalue weighted by Gasteiger charge is -2.10. The average Bonchev–Trinajstić information content (AvgIpc) is 2.78. The second-order valence-corrected chi connectivity index (χ2v) is 5.18. The number of aryl methyl sites for hydroxylation is 1. The van der Waals surface area contributed by atoms with Crippen LogP contribution in [0, 0.1) is 29.9 Å². The minimum absolute atomic E-state index is 0.608. The van der Waals surface area contributed by atoms with E-state index in [1.165, 1.54) is 11.1 Å². The van der Waals surface area contributed by atoms with Crippen molar-refractivity contribution in [1.29, 1.82) is 5.26 Å². The molecule has 1 N–H and O–H groups in total. The van der Waals surface area contributed by atoms with E-state index in [-0.39, 0.29) is 0 Å². The smallest absolute Gasteiger partial charge is 0.182 e. The van der Waals surface area contributed by atoms with Crippen LogP contribution in [-0.2, 0) is 0 Å². The van der Waals surface area contributed by atoms with Crippen molar-refractivity contribution in [3.63, 3.8) is 0 Å². The van der Waals surface area contributed by atoms with Gasteiger partial charge in [-0.1, -0.05) is 18.2 Å². The third kappa shape index (κ3) is 1.75. The zero-order chi connectivity index (χ0) is 14.3. The summed E-state index contributed by atoms with van der Waals surface area (Å²) in [7, 11) is 0. The second-order valence-electron chi connectivity index (χ2n) is 4.80. The molecule has 1 aromatic heterocycles. The van der Waals surface area contributed by atoms with Crippen LogP contribution in [0.5, 0.6) is 0 Å². The SMILES string of the molecule is Cc1cccc(-n2c(=S)[nH]c3c(C#N)cccc32)c1C. The molecule has 0 bridgehead atoms. The number of nitrogens with zero attached hydrogens (tertiary/aromatic N) is 2. The van der Waals surface area contributed by atoms with Crippen molar-refractivity contribution in [2.45, 2.75) is 13.8 Å². The summed E-state index contributed by atoms with van der Waals surface area (Å²) in [6.45, 7) is 4.16. The van der Waals surface area contributed by atoms with E-state index in [1.54, 1.807) is 6.07 Å². The van der Waals surface area contributed by atoms with Crippen LogP contribution in [-0.4, -0.2) is 9.55 Å². The highest BCUT2D eigenvalue weighted by atomic mass is 32.1. The largest absolute Gasteiger partial charge is 0.329 e. The van der Waals surface area contributed by atoms with Crippen molar-refractivity contribution in [3.8, 4) is 11.8 Å². The standard InChI is InChI=1S/C16H13N3S/c1-10-5-3-7-13(11(10)2)19-14-8-4-6-12(9-17)15(14)18-16(19)20/h3-8H,1-2H3,(H,18,20). The third-order valence-electron chi connectivity index (χ3n) is 3.66. The second kappa shape index (κ2) is 4.62. The van der Waals surface area contributed by atoms with Gasteiger partial charge in [0.1, 0.15) is 6.07 Å². The number of fused-ring (bicyclic) bond motifs is 1. The Kier molecular flexibility index (Phi) is 2.92. The number of H-pyrrole nitrogens is 1. The van der Waals surface area contributed by atoms with Gasteiger partial charge in [-0.2, -0.15) is 5.26 Å². The monoisotopic (exact) mass is 279 g/mol. The molecule has 0 atom stereocenters. The van der Waals surface area contributed by atoms with Gasteiger partial charge in [0.2, 0.25) is 0 Å². The van der Waals surface area contributed by atoms with E-state index in [9.17, 15) is 5.26 Å². The molecule has 0 aliphatic heterocycles. The van der Waals surface area contributed by atoms with Gasteiger partial charge < -0.3 is 4.98 Å². The number of hydrogen-bond acceptors (Lipinski definition) is 2. The topological polar surface area (TPSA) is 44.5 Å². The number of imidazole rings is 1. The van der Waals surface area contributed by atoms with Gasteiger partial charge in [0.05, 0.1) is 22.3 Å². The zero-order valence-corrected chi connectivity index (χ0v) is 12.1. The summed E-state index contributed by atoms with van der Waals surface area (Å²) in [6.07, 6.45) is 0. The van der Waals surface area contributed by atoms with E-state index in [4.69, 9.17) is 12.2 Å². The fourth-order valence-electron chi connectivity index (χ4n) is 2.44. The van der Waals surface area contributed by atoms with Gasteiger partial charge in [0, 0.05) is 0 Å². The van der Waals surface area contributed by atoms with Crippen LogP contribution in [0.4, 0.5) is 0 Å². The molecule has 20 heavy (non-hydrogen) atoms. The van der Waals surface area contributed by atoms with Crippen LogP contribution in [0.3, 0.4) is 0 Å². The van der Waals surface area contributed by atoms with Crippen molar-refractivity contribution in [2.75, 3.05) is 0 Å². The molecule has 0 saturated carbocycles. The summed E-state index contributed by atoms with van der Waals surface area (Å²) in [5, 5.41) is 9.19. The zero-order valence-electron chi connectivity index (χ0n) is 11.3. The van der Waals surface area contributed by atoms with Crippen LogP contribution >= 0.6 is 12.2 Å². The van der Waals surface area contributed by atoms with Gasteiger partial charge >= 0.3 is 0 Å². The first kappa shape index (κ1) is 12.6. The first-order valence-corrected chi connectivity index (χ1v) is 6.74. The first-order valence-electron chi connectivity index (χ1n) is 6.34. The molecule has 2 aromatic carbocycles. The summed E-state index contributed by atoms with van der Waals surface area (Å²) >= 11 is 5.44. The molecule has 0 unspecified atom stereocenters. The van der Waals surface area contributed by atoms with Gasteiger partial charge in [0.25, 0.3) is 0 Å². The summed E-state index contributed by atoms with van der Waals surface area (Å²) in [5.41, 5.74) is 5.79. The predicted octanol–water partition coefficient (Wildman–Crippen LogP) is 4.18. The normalized spacial score (nSPS) is 10.7. The van der Waals surface area contributed by atoms with Crippen molar-refractivity contribution in [1.82, 2.24) is 9.55 Å². The van der Waals surface area contributed by atoms with Crippen LogP contribution in [0.1, 0.15) is 16.7 Å². The van der Waals surface area contributed by atoms with Crippen LogP contribution in [0.15, 0.2) is 36.4 Å². The summed E-state index contributed by atoms with van der Waals surface area (Å²) in [5.74, 6) is 0. The van der Waals surface area contributed by atoms with E-state index in [2.05, 4.69) is 31.0 Å². The Morgan fingerprint density at radius 3 is 2.65 bits per heavy atom. The Morgan fingerprint density at radius 1 is 1.15 bits per heavy atom. The maximum absolute atomic E-state index is 9.19. The van der Waals surface area contributed by atoms with Crippen molar-refractivity contribution < 1.29 is 0 Å². The number of para-hydroxylation sites is 1. The molecule has 0 amide bonds. The summed E-state index contributed by atoms with van der Waals surface area (Å²) in [6, 6.07) is 14.0. The molecular weight excluding hydrogens is 266 g/mol. The molecular formula is C16H13N3S. The van der Waals surface area contributed by atoms with Gasteiger partial charge in [0.15, 0.2) is 4.77 Å². The lowest BCUT2D eigenvalue weighted by molar-refractivity contribution is 1.04. The molecule has 3 nitrogen and oxygen atoms in total.